The van der Waals surface area contributed by atoms with Crippen LogP contribution in [0.5, 0.6) is 0 Å². The summed E-state index contributed by atoms with van der Waals surface area (Å²) in [5, 5.41) is 0. The van der Waals surface area contributed by atoms with Gasteiger partial charge in [0.25, 0.3) is 0 Å². The van der Waals surface area contributed by atoms with Gasteiger partial charge >= 0.3 is 6.18 Å². The van der Waals surface area contributed by atoms with Crippen molar-refractivity contribution in [2.45, 2.75) is 19.5 Å². The maximum Gasteiger partial charge on any atom is 0.409 e. The summed E-state index contributed by atoms with van der Waals surface area (Å²) in [5.74, 6) is -0.714. The molecule has 0 aliphatic carbocycles. The largest absolute Gasteiger partial charge is 0.409 e. The lowest BCUT2D eigenvalue weighted by Crippen LogP contribution is -2.00. The van der Waals surface area contributed by atoms with Gasteiger partial charge < -0.3 is 0 Å². The van der Waals surface area contributed by atoms with Crippen LogP contribution in [0, 0.1) is 5.82 Å². The normalized spacial score (nSPS) is 12.0. The Bertz CT molecular complexity index is 642. The summed E-state index contributed by atoms with van der Waals surface area (Å²) in [6.07, 6.45) is -1.18. The van der Waals surface area contributed by atoms with Gasteiger partial charge in [0.1, 0.15) is 5.82 Å². The number of allylic oxidation sites excluding steroid dienone is 1. The Labute approximate surface area is 120 Å². The number of nitrogens with zero attached hydrogens (tertiary/aromatic N) is 1. The van der Waals surface area contributed by atoms with Crippen LogP contribution in [0.4, 0.5) is 17.6 Å². The molecule has 0 unspecified atom stereocenters. The summed E-state index contributed by atoms with van der Waals surface area (Å²) < 4.78 is 50.0. The van der Waals surface area contributed by atoms with Gasteiger partial charge in [-0.1, -0.05) is 25.1 Å². The standard InChI is InChI=1S/C16H13F4N/c1-2-11-3-6-15(21-10-11)13-5-4-12(14(17)9-13)7-8-16(18,19)20/h3-10H,2H2,1H3. The predicted octanol–water partition coefficient (Wildman–Crippen LogP) is 5.03. The molecule has 0 amide bonds. The van der Waals surface area contributed by atoms with E-state index in [1.54, 1.807) is 18.3 Å². The summed E-state index contributed by atoms with van der Waals surface area (Å²) in [5.41, 5.74) is 2.06. The van der Waals surface area contributed by atoms with Gasteiger partial charge in [-0.05, 0) is 30.2 Å². The maximum absolute atomic E-state index is 13.8. The lowest BCUT2D eigenvalue weighted by Gasteiger charge is -2.05. The first kappa shape index (κ1) is 15.2. The minimum Gasteiger partial charge on any atom is -0.256 e. The number of benzene rings is 1. The summed E-state index contributed by atoms with van der Waals surface area (Å²) >= 11 is 0. The Hall–Kier alpha value is -2.17. The molecule has 0 bridgehead atoms. The number of pyridine rings is 1. The molecule has 0 atom stereocenters. The zero-order chi connectivity index (χ0) is 15.5. The number of rotatable bonds is 3. The molecule has 2 rings (SSSR count). The Morgan fingerprint density at radius 1 is 1.14 bits per heavy atom. The van der Waals surface area contributed by atoms with E-state index in [1.807, 2.05) is 13.0 Å². The average molecular weight is 295 g/mol. The third-order valence-electron chi connectivity index (χ3n) is 2.98. The fraction of sp³-hybridized carbons (Fsp3) is 0.188. The molecule has 110 valence electrons. The van der Waals surface area contributed by atoms with E-state index in [0.717, 1.165) is 12.0 Å². The number of hydrogen-bond acceptors (Lipinski definition) is 1. The highest BCUT2D eigenvalue weighted by molar-refractivity contribution is 5.63. The molecule has 5 heteroatoms. The molecule has 0 saturated carbocycles. The molecule has 0 aliphatic rings. The monoisotopic (exact) mass is 295 g/mol. The lowest BCUT2D eigenvalue weighted by atomic mass is 10.1. The van der Waals surface area contributed by atoms with Crippen molar-refractivity contribution in [2.75, 3.05) is 0 Å². The van der Waals surface area contributed by atoms with Crippen LogP contribution in [0.25, 0.3) is 17.3 Å². The predicted molar refractivity (Wildman–Crippen MR) is 74.1 cm³/mol. The smallest absolute Gasteiger partial charge is 0.256 e. The Morgan fingerprint density at radius 2 is 1.90 bits per heavy atom. The van der Waals surface area contributed by atoms with E-state index >= 15 is 0 Å². The van der Waals surface area contributed by atoms with Crippen molar-refractivity contribution >= 4 is 6.08 Å². The third kappa shape index (κ3) is 4.15. The van der Waals surface area contributed by atoms with Crippen LogP contribution >= 0.6 is 0 Å². The van der Waals surface area contributed by atoms with Crippen molar-refractivity contribution < 1.29 is 17.6 Å². The minimum atomic E-state index is -4.46. The van der Waals surface area contributed by atoms with Crippen molar-refractivity contribution in [3.8, 4) is 11.3 Å². The quantitative estimate of drug-likeness (QED) is 0.724. The zero-order valence-corrected chi connectivity index (χ0v) is 11.3. The van der Waals surface area contributed by atoms with E-state index in [9.17, 15) is 17.6 Å². The SMILES string of the molecule is CCc1ccc(-c2ccc(C=CC(F)(F)F)c(F)c2)nc1. The van der Waals surface area contributed by atoms with Crippen LogP contribution in [0.2, 0.25) is 0 Å². The fourth-order valence-corrected chi connectivity index (χ4v) is 1.81. The molecular weight excluding hydrogens is 282 g/mol. The first-order valence-corrected chi connectivity index (χ1v) is 6.40. The zero-order valence-electron chi connectivity index (χ0n) is 11.3. The summed E-state index contributed by atoms with van der Waals surface area (Å²) in [6.45, 7) is 2.00. The number of alkyl halides is 3. The molecule has 0 spiro atoms. The number of aryl methyl sites for hydroxylation is 1. The van der Waals surface area contributed by atoms with Gasteiger partial charge in [-0.2, -0.15) is 13.2 Å². The highest BCUT2D eigenvalue weighted by atomic mass is 19.4. The second-order valence-electron chi connectivity index (χ2n) is 4.52. The van der Waals surface area contributed by atoms with Gasteiger partial charge in [-0.25, -0.2) is 4.39 Å². The van der Waals surface area contributed by atoms with Gasteiger partial charge in [0.05, 0.1) is 5.69 Å². The minimum absolute atomic E-state index is 0.0133. The Morgan fingerprint density at radius 3 is 2.43 bits per heavy atom. The topological polar surface area (TPSA) is 12.9 Å². The number of aromatic nitrogens is 1. The van der Waals surface area contributed by atoms with Crippen LogP contribution in [0.1, 0.15) is 18.1 Å². The molecule has 1 aromatic carbocycles. The van der Waals surface area contributed by atoms with Crippen LogP contribution in [-0.4, -0.2) is 11.2 Å². The molecule has 0 fully saturated rings. The van der Waals surface area contributed by atoms with E-state index in [2.05, 4.69) is 4.98 Å². The Balaban J connectivity index is 2.27. The highest BCUT2D eigenvalue weighted by Crippen LogP contribution is 2.23. The maximum atomic E-state index is 13.8. The van der Waals surface area contributed by atoms with Gasteiger partial charge in [-0.15, -0.1) is 0 Å². The molecule has 21 heavy (non-hydrogen) atoms. The van der Waals surface area contributed by atoms with Crippen LogP contribution < -0.4 is 0 Å². The van der Waals surface area contributed by atoms with Crippen LogP contribution in [-0.2, 0) is 6.42 Å². The summed E-state index contributed by atoms with van der Waals surface area (Å²) in [6, 6.07) is 7.69. The highest BCUT2D eigenvalue weighted by Gasteiger charge is 2.22. The van der Waals surface area contributed by atoms with E-state index in [4.69, 9.17) is 0 Å². The average Bonchev–Trinajstić information content (AvgIpc) is 2.45. The fourth-order valence-electron chi connectivity index (χ4n) is 1.81. The molecule has 1 heterocycles. The molecule has 1 aromatic heterocycles. The van der Waals surface area contributed by atoms with Gasteiger partial charge in [0.15, 0.2) is 0 Å². The Kier molecular flexibility index (Phi) is 4.40. The van der Waals surface area contributed by atoms with Crippen LogP contribution in [0.3, 0.4) is 0 Å². The van der Waals surface area contributed by atoms with Crippen molar-refractivity contribution in [2.24, 2.45) is 0 Å². The summed E-state index contributed by atoms with van der Waals surface area (Å²) in [4.78, 5) is 4.21. The van der Waals surface area contributed by atoms with E-state index in [-0.39, 0.29) is 11.6 Å². The van der Waals surface area contributed by atoms with E-state index < -0.39 is 12.0 Å². The number of hydrogen-bond donors (Lipinski definition) is 0. The molecule has 0 aliphatic heterocycles. The van der Waals surface area contributed by atoms with Crippen molar-refractivity contribution in [3.63, 3.8) is 0 Å². The van der Waals surface area contributed by atoms with Gasteiger partial charge in [-0.3, -0.25) is 4.98 Å². The molecular formula is C16H13F4N. The molecule has 0 radical (unpaired) electrons. The first-order chi connectivity index (χ1) is 9.89. The molecule has 0 saturated heterocycles. The van der Waals surface area contributed by atoms with Gasteiger partial charge in [0, 0.05) is 23.4 Å². The van der Waals surface area contributed by atoms with Crippen molar-refractivity contribution in [1.82, 2.24) is 4.98 Å². The molecule has 0 N–H and O–H groups in total. The molecule has 2 aromatic rings. The van der Waals surface area contributed by atoms with E-state index in [0.29, 0.717) is 17.3 Å². The lowest BCUT2D eigenvalue weighted by molar-refractivity contribution is -0.0790. The van der Waals surface area contributed by atoms with Gasteiger partial charge in [0.2, 0.25) is 0 Å². The van der Waals surface area contributed by atoms with Crippen LogP contribution in [0.15, 0.2) is 42.6 Å². The molecule has 1 nitrogen and oxygen atoms in total. The van der Waals surface area contributed by atoms with Crippen molar-refractivity contribution in [1.29, 1.82) is 0 Å². The van der Waals surface area contributed by atoms with E-state index in [1.165, 1.54) is 12.1 Å². The second-order valence-corrected chi connectivity index (χ2v) is 4.52. The van der Waals surface area contributed by atoms with Crippen molar-refractivity contribution in [3.05, 3.63) is 59.5 Å². The first-order valence-electron chi connectivity index (χ1n) is 6.40. The summed E-state index contributed by atoms with van der Waals surface area (Å²) in [7, 11) is 0. The second kappa shape index (κ2) is 6.08. The number of halogens is 4. The third-order valence-corrected chi connectivity index (χ3v) is 2.98.